The second-order valence-corrected chi connectivity index (χ2v) is 4.67. The molecule has 0 aromatic carbocycles. The Morgan fingerprint density at radius 1 is 1.53 bits per heavy atom. The van der Waals surface area contributed by atoms with Gasteiger partial charge in [0, 0.05) is 19.5 Å². The van der Waals surface area contributed by atoms with Gasteiger partial charge in [-0.2, -0.15) is 0 Å². The molecule has 0 aromatic rings. The number of aliphatic hydroxyl groups is 2. The predicted octanol–water partition coefficient (Wildman–Crippen LogP) is 0.582. The largest absolute Gasteiger partial charge is 0.353 e. The third kappa shape index (κ3) is 2.56. The van der Waals surface area contributed by atoms with Gasteiger partial charge in [-0.25, -0.2) is 0 Å². The Kier molecular flexibility index (Phi) is 3.87. The summed E-state index contributed by atoms with van der Waals surface area (Å²) >= 11 is 0. The summed E-state index contributed by atoms with van der Waals surface area (Å²) < 4.78 is 0. The van der Waals surface area contributed by atoms with Gasteiger partial charge in [0.1, 0.15) is 5.78 Å². The molecular formula is C11H21NO3. The Labute approximate surface area is 90.9 Å². The van der Waals surface area contributed by atoms with Gasteiger partial charge in [0.15, 0.2) is 0 Å². The van der Waals surface area contributed by atoms with Crippen molar-refractivity contribution < 1.29 is 15.0 Å². The van der Waals surface area contributed by atoms with Crippen LogP contribution in [-0.2, 0) is 4.79 Å². The van der Waals surface area contributed by atoms with E-state index in [-0.39, 0.29) is 11.7 Å². The maximum absolute atomic E-state index is 11.7. The Morgan fingerprint density at radius 3 is 2.60 bits per heavy atom. The summed E-state index contributed by atoms with van der Waals surface area (Å²) in [6, 6.07) is 0. The number of rotatable bonds is 3. The number of carbonyl (C=O) groups is 1. The minimum atomic E-state index is -1.95. The highest BCUT2D eigenvalue weighted by atomic mass is 16.5. The van der Waals surface area contributed by atoms with E-state index in [9.17, 15) is 15.0 Å². The topological polar surface area (TPSA) is 60.8 Å². The van der Waals surface area contributed by atoms with E-state index in [4.69, 9.17) is 0 Å². The van der Waals surface area contributed by atoms with Gasteiger partial charge < -0.3 is 10.2 Å². The fourth-order valence-corrected chi connectivity index (χ4v) is 2.17. The van der Waals surface area contributed by atoms with Crippen LogP contribution in [0, 0.1) is 11.8 Å². The number of hydrogen-bond acceptors (Lipinski definition) is 4. The van der Waals surface area contributed by atoms with E-state index < -0.39 is 11.8 Å². The van der Waals surface area contributed by atoms with Crippen LogP contribution in [0.2, 0.25) is 0 Å². The molecule has 1 saturated heterocycles. The normalized spacial score (nSPS) is 27.3. The lowest BCUT2D eigenvalue weighted by molar-refractivity contribution is -0.298. The van der Waals surface area contributed by atoms with Crippen molar-refractivity contribution in [2.75, 3.05) is 13.1 Å². The number of nitrogens with zero attached hydrogens (tertiary/aromatic N) is 1. The van der Waals surface area contributed by atoms with Crippen LogP contribution in [-0.4, -0.2) is 39.9 Å². The van der Waals surface area contributed by atoms with E-state index in [2.05, 4.69) is 0 Å². The highest BCUT2D eigenvalue weighted by molar-refractivity contribution is 5.82. The molecular weight excluding hydrogens is 194 g/mol. The molecule has 4 heteroatoms. The van der Waals surface area contributed by atoms with Gasteiger partial charge in [-0.1, -0.05) is 20.8 Å². The quantitative estimate of drug-likeness (QED) is 0.676. The van der Waals surface area contributed by atoms with Crippen molar-refractivity contribution in [1.82, 2.24) is 4.90 Å². The number of Topliss-reactive ketones (excluding diaryl/α,β-unsaturated/α-hetero) is 1. The van der Waals surface area contributed by atoms with E-state index in [0.29, 0.717) is 25.9 Å². The molecule has 0 amide bonds. The fourth-order valence-electron chi connectivity index (χ4n) is 2.17. The predicted molar refractivity (Wildman–Crippen MR) is 57.0 cm³/mol. The number of carbonyl (C=O) groups excluding carboxylic acids is 1. The molecule has 88 valence electrons. The van der Waals surface area contributed by atoms with Crippen molar-refractivity contribution >= 4 is 5.78 Å². The van der Waals surface area contributed by atoms with Gasteiger partial charge >= 0.3 is 0 Å². The lowest BCUT2D eigenvalue weighted by Gasteiger charge is -2.43. The lowest BCUT2D eigenvalue weighted by atomic mass is 9.85. The molecule has 1 atom stereocenters. The zero-order chi connectivity index (χ0) is 11.6. The fraction of sp³-hybridized carbons (Fsp3) is 0.909. The molecule has 0 spiro atoms. The van der Waals surface area contributed by atoms with Crippen LogP contribution in [0.5, 0.6) is 0 Å². The molecule has 2 N–H and O–H groups in total. The maximum atomic E-state index is 11.7. The van der Waals surface area contributed by atoms with E-state index in [0.717, 1.165) is 0 Å². The first-order valence-electron chi connectivity index (χ1n) is 5.62. The van der Waals surface area contributed by atoms with E-state index in [1.54, 1.807) is 4.90 Å². The maximum Gasteiger partial charge on any atom is 0.235 e. The summed E-state index contributed by atoms with van der Waals surface area (Å²) in [6.07, 6.45) is 0.955. The first-order chi connectivity index (χ1) is 6.89. The van der Waals surface area contributed by atoms with Crippen LogP contribution in [0.3, 0.4) is 0 Å². The standard InChI is InChI=1S/C11H21NO3/c1-4-12-6-5-10(13)9(7-8(2)3)11(12,14)15/h8-9,14-15H,4-7H2,1-3H3. The molecule has 1 unspecified atom stereocenters. The van der Waals surface area contributed by atoms with Crippen LogP contribution in [0.15, 0.2) is 0 Å². The first kappa shape index (κ1) is 12.6. The SMILES string of the molecule is CCN1CCC(=O)C(CC(C)C)C1(O)O. The Bertz CT molecular complexity index is 238. The monoisotopic (exact) mass is 215 g/mol. The zero-order valence-corrected chi connectivity index (χ0v) is 9.73. The second-order valence-electron chi connectivity index (χ2n) is 4.67. The second kappa shape index (κ2) is 4.60. The van der Waals surface area contributed by atoms with Gasteiger partial charge in [0.05, 0.1) is 5.92 Å². The summed E-state index contributed by atoms with van der Waals surface area (Å²) in [4.78, 5) is 13.2. The number of likely N-dealkylation sites (tertiary alicyclic amines) is 1. The molecule has 0 aromatic heterocycles. The van der Waals surface area contributed by atoms with Gasteiger partial charge in [0.2, 0.25) is 5.91 Å². The van der Waals surface area contributed by atoms with Crippen molar-refractivity contribution in [2.24, 2.45) is 11.8 Å². The van der Waals surface area contributed by atoms with Crippen molar-refractivity contribution in [3.8, 4) is 0 Å². The number of hydrogen-bond donors (Lipinski definition) is 2. The Balaban J connectivity index is 2.83. The smallest absolute Gasteiger partial charge is 0.235 e. The molecule has 1 aliphatic rings. The molecule has 15 heavy (non-hydrogen) atoms. The molecule has 1 fully saturated rings. The van der Waals surface area contributed by atoms with Crippen molar-refractivity contribution in [1.29, 1.82) is 0 Å². The molecule has 0 bridgehead atoms. The average Bonchev–Trinajstić information content (AvgIpc) is 2.12. The van der Waals surface area contributed by atoms with E-state index in [1.165, 1.54) is 0 Å². The van der Waals surface area contributed by atoms with Crippen LogP contribution >= 0.6 is 0 Å². The van der Waals surface area contributed by atoms with Crippen LogP contribution in [0.4, 0.5) is 0 Å². The summed E-state index contributed by atoms with van der Waals surface area (Å²) in [6.45, 7) is 6.82. The van der Waals surface area contributed by atoms with Gasteiger partial charge in [0.25, 0.3) is 0 Å². The number of piperidine rings is 1. The Morgan fingerprint density at radius 2 is 2.13 bits per heavy atom. The van der Waals surface area contributed by atoms with Gasteiger partial charge in [-0.3, -0.25) is 9.69 Å². The van der Waals surface area contributed by atoms with Gasteiger partial charge in [-0.15, -0.1) is 0 Å². The molecule has 1 heterocycles. The summed E-state index contributed by atoms with van der Waals surface area (Å²) in [5.41, 5.74) is 0. The third-order valence-electron chi connectivity index (χ3n) is 3.04. The number of ketones is 1. The van der Waals surface area contributed by atoms with Crippen molar-refractivity contribution in [2.45, 2.75) is 39.5 Å². The molecule has 1 aliphatic heterocycles. The molecule has 0 saturated carbocycles. The molecule has 1 rings (SSSR count). The minimum absolute atomic E-state index is 0.0293. The van der Waals surface area contributed by atoms with Crippen LogP contribution in [0.25, 0.3) is 0 Å². The highest BCUT2D eigenvalue weighted by Crippen LogP contribution is 2.31. The molecule has 4 nitrogen and oxygen atoms in total. The molecule has 0 aliphatic carbocycles. The Hall–Kier alpha value is -0.450. The average molecular weight is 215 g/mol. The minimum Gasteiger partial charge on any atom is -0.353 e. The zero-order valence-electron chi connectivity index (χ0n) is 9.73. The van der Waals surface area contributed by atoms with E-state index in [1.807, 2.05) is 20.8 Å². The first-order valence-corrected chi connectivity index (χ1v) is 5.62. The third-order valence-corrected chi connectivity index (χ3v) is 3.04. The highest BCUT2D eigenvalue weighted by Gasteiger charge is 2.47. The summed E-state index contributed by atoms with van der Waals surface area (Å²) in [5.74, 6) is -2.35. The van der Waals surface area contributed by atoms with Crippen LogP contribution < -0.4 is 0 Å². The van der Waals surface area contributed by atoms with E-state index >= 15 is 0 Å². The van der Waals surface area contributed by atoms with Gasteiger partial charge in [-0.05, 0) is 12.3 Å². The molecule has 0 radical (unpaired) electrons. The summed E-state index contributed by atoms with van der Waals surface area (Å²) in [7, 11) is 0. The van der Waals surface area contributed by atoms with Crippen LogP contribution in [0.1, 0.15) is 33.6 Å². The summed E-state index contributed by atoms with van der Waals surface area (Å²) in [5, 5.41) is 19.9. The van der Waals surface area contributed by atoms with Crippen molar-refractivity contribution in [3.05, 3.63) is 0 Å². The van der Waals surface area contributed by atoms with Crippen molar-refractivity contribution in [3.63, 3.8) is 0 Å². The lowest BCUT2D eigenvalue weighted by Crippen LogP contribution is -2.60.